The highest BCUT2D eigenvalue weighted by Crippen LogP contribution is 2.26. The van der Waals surface area contributed by atoms with Gasteiger partial charge in [-0.2, -0.15) is 0 Å². The summed E-state index contributed by atoms with van der Waals surface area (Å²) in [7, 11) is 0. The summed E-state index contributed by atoms with van der Waals surface area (Å²) in [5.41, 5.74) is 1.45. The van der Waals surface area contributed by atoms with E-state index in [9.17, 15) is 14.4 Å². The molecule has 1 saturated heterocycles. The maximum absolute atomic E-state index is 12.8. The van der Waals surface area contributed by atoms with Crippen LogP contribution in [0.2, 0.25) is 0 Å². The molecule has 1 aliphatic rings. The minimum absolute atomic E-state index is 0.0718. The molecule has 2 aromatic rings. The summed E-state index contributed by atoms with van der Waals surface area (Å²) in [5, 5.41) is 0. The van der Waals surface area contributed by atoms with Gasteiger partial charge in [0.05, 0.1) is 6.04 Å². The van der Waals surface area contributed by atoms with E-state index in [0.717, 1.165) is 5.56 Å². The Bertz CT molecular complexity index is 837. The van der Waals surface area contributed by atoms with E-state index >= 15 is 0 Å². The SMILES string of the molecule is CC(=O)O[C@H]1CCCN(C(=O)OCc2ccccc2)[C@@H]1CC(=O)c1ccccc1. The summed E-state index contributed by atoms with van der Waals surface area (Å²) in [6.45, 7) is 1.94. The van der Waals surface area contributed by atoms with Crippen LogP contribution in [0, 0.1) is 0 Å². The fourth-order valence-electron chi connectivity index (χ4n) is 3.57. The zero-order valence-corrected chi connectivity index (χ0v) is 16.5. The van der Waals surface area contributed by atoms with Crippen molar-refractivity contribution >= 4 is 17.8 Å². The lowest BCUT2D eigenvalue weighted by Crippen LogP contribution is -2.53. The van der Waals surface area contributed by atoms with Crippen LogP contribution in [0.25, 0.3) is 0 Å². The Morgan fingerprint density at radius 2 is 1.66 bits per heavy atom. The van der Waals surface area contributed by atoms with E-state index < -0.39 is 24.2 Å². The van der Waals surface area contributed by atoms with Crippen LogP contribution >= 0.6 is 0 Å². The highest BCUT2D eigenvalue weighted by atomic mass is 16.6. The van der Waals surface area contributed by atoms with Gasteiger partial charge in [0.2, 0.25) is 0 Å². The Hall–Kier alpha value is -3.15. The number of hydrogen-bond acceptors (Lipinski definition) is 5. The van der Waals surface area contributed by atoms with E-state index in [2.05, 4.69) is 0 Å². The van der Waals surface area contributed by atoms with Crippen LogP contribution < -0.4 is 0 Å². The van der Waals surface area contributed by atoms with Crippen molar-refractivity contribution in [3.05, 3.63) is 71.8 Å². The molecule has 0 spiro atoms. The topological polar surface area (TPSA) is 72.9 Å². The fraction of sp³-hybridized carbons (Fsp3) is 0.348. The molecule has 152 valence electrons. The highest BCUT2D eigenvalue weighted by Gasteiger charge is 2.38. The second-order valence-electron chi connectivity index (χ2n) is 7.08. The minimum Gasteiger partial charge on any atom is -0.460 e. The second-order valence-corrected chi connectivity index (χ2v) is 7.08. The lowest BCUT2D eigenvalue weighted by atomic mass is 9.92. The molecule has 0 bridgehead atoms. The van der Waals surface area contributed by atoms with Crippen molar-refractivity contribution in [3.8, 4) is 0 Å². The number of likely N-dealkylation sites (tertiary alicyclic amines) is 1. The third-order valence-electron chi connectivity index (χ3n) is 4.96. The molecule has 6 nitrogen and oxygen atoms in total. The number of carbonyl (C=O) groups excluding carboxylic acids is 3. The average Bonchev–Trinajstić information content (AvgIpc) is 2.74. The lowest BCUT2D eigenvalue weighted by Gasteiger charge is -2.39. The molecule has 1 amide bonds. The smallest absolute Gasteiger partial charge is 0.410 e. The number of esters is 1. The zero-order chi connectivity index (χ0) is 20.6. The van der Waals surface area contributed by atoms with Gasteiger partial charge in [-0.15, -0.1) is 0 Å². The molecule has 6 heteroatoms. The number of ketones is 1. The van der Waals surface area contributed by atoms with Gasteiger partial charge in [-0.3, -0.25) is 9.59 Å². The van der Waals surface area contributed by atoms with Gasteiger partial charge in [0.1, 0.15) is 12.7 Å². The number of hydrogen-bond donors (Lipinski definition) is 0. The Labute approximate surface area is 170 Å². The molecule has 1 aliphatic heterocycles. The first-order valence-corrected chi connectivity index (χ1v) is 9.77. The Kier molecular flexibility index (Phi) is 7.00. The van der Waals surface area contributed by atoms with Crippen LogP contribution in [0.4, 0.5) is 4.79 Å². The molecule has 0 N–H and O–H groups in total. The summed E-state index contributed by atoms with van der Waals surface area (Å²) in [5.74, 6) is -0.526. The van der Waals surface area contributed by atoms with Crippen LogP contribution in [0.5, 0.6) is 0 Å². The molecule has 1 heterocycles. The quantitative estimate of drug-likeness (QED) is 0.546. The van der Waals surface area contributed by atoms with Crippen molar-refractivity contribution in [1.82, 2.24) is 4.90 Å². The number of carbonyl (C=O) groups is 3. The molecule has 0 saturated carbocycles. The monoisotopic (exact) mass is 395 g/mol. The molecule has 3 rings (SSSR count). The molecular formula is C23H25NO5. The predicted octanol–water partition coefficient (Wildman–Crippen LogP) is 3.99. The summed E-state index contributed by atoms with van der Waals surface area (Å²) < 4.78 is 10.9. The van der Waals surface area contributed by atoms with E-state index in [1.54, 1.807) is 24.3 Å². The minimum atomic E-state index is -0.552. The fourth-order valence-corrected chi connectivity index (χ4v) is 3.57. The second kappa shape index (κ2) is 9.87. The maximum Gasteiger partial charge on any atom is 0.410 e. The van der Waals surface area contributed by atoms with Gasteiger partial charge in [0.15, 0.2) is 5.78 Å². The zero-order valence-electron chi connectivity index (χ0n) is 16.5. The largest absolute Gasteiger partial charge is 0.460 e. The molecule has 0 radical (unpaired) electrons. The van der Waals surface area contributed by atoms with E-state index in [-0.39, 0.29) is 18.8 Å². The van der Waals surface area contributed by atoms with Crippen molar-refractivity contribution in [2.24, 2.45) is 0 Å². The van der Waals surface area contributed by atoms with Gasteiger partial charge in [-0.25, -0.2) is 4.79 Å². The number of rotatable bonds is 6. The molecule has 0 aliphatic carbocycles. The molecule has 1 fully saturated rings. The van der Waals surface area contributed by atoms with Crippen molar-refractivity contribution < 1.29 is 23.9 Å². The molecule has 0 aromatic heterocycles. The normalized spacial score (nSPS) is 18.7. The van der Waals surface area contributed by atoms with Crippen LogP contribution in [-0.2, 0) is 20.9 Å². The highest BCUT2D eigenvalue weighted by molar-refractivity contribution is 5.96. The summed E-state index contributed by atoms with van der Waals surface area (Å²) in [6.07, 6.45) is 0.320. The first-order chi connectivity index (χ1) is 14.0. The summed E-state index contributed by atoms with van der Waals surface area (Å²) in [6, 6.07) is 17.8. The van der Waals surface area contributed by atoms with E-state index in [4.69, 9.17) is 9.47 Å². The Balaban J connectivity index is 1.73. The van der Waals surface area contributed by atoms with Gasteiger partial charge in [0.25, 0.3) is 0 Å². The molecule has 2 atom stereocenters. The van der Waals surface area contributed by atoms with Crippen LogP contribution in [0.15, 0.2) is 60.7 Å². The number of benzene rings is 2. The molecule has 2 aromatic carbocycles. The molecular weight excluding hydrogens is 370 g/mol. The van der Waals surface area contributed by atoms with Gasteiger partial charge in [-0.1, -0.05) is 60.7 Å². The van der Waals surface area contributed by atoms with E-state index in [1.807, 2.05) is 36.4 Å². The summed E-state index contributed by atoms with van der Waals surface area (Å²) >= 11 is 0. The first-order valence-electron chi connectivity index (χ1n) is 9.77. The summed E-state index contributed by atoms with van der Waals surface area (Å²) in [4.78, 5) is 38.6. The van der Waals surface area contributed by atoms with Gasteiger partial charge < -0.3 is 14.4 Å². The predicted molar refractivity (Wildman–Crippen MR) is 107 cm³/mol. The van der Waals surface area contributed by atoms with Gasteiger partial charge in [0, 0.05) is 25.5 Å². The third-order valence-corrected chi connectivity index (χ3v) is 4.96. The van der Waals surface area contributed by atoms with Crippen molar-refractivity contribution in [2.45, 2.75) is 44.9 Å². The third kappa shape index (κ3) is 5.67. The number of ether oxygens (including phenoxy) is 2. The Morgan fingerprint density at radius 3 is 2.31 bits per heavy atom. The number of Topliss-reactive ketones (excluding diaryl/α,β-unsaturated/α-hetero) is 1. The van der Waals surface area contributed by atoms with Gasteiger partial charge >= 0.3 is 12.1 Å². The van der Waals surface area contributed by atoms with Crippen LogP contribution in [0.1, 0.15) is 42.1 Å². The van der Waals surface area contributed by atoms with Crippen molar-refractivity contribution in [2.75, 3.05) is 6.54 Å². The van der Waals surface area contributed by atoms with E-state index in [0.29, 0.717) is 24.9 Å². The van der Waals surface area contributed by atoms with Gasteiger partial charge in [-0.05, 0) is 18.4 Å². The van der Waals surface area contributed by atoms with Crippen LogP contribution in [-0.4, -0.2) is 41.4 Å². The van der Waals surface area contributed by atoms with E-state index in [1.165, 1.54) is 11.8 Å². The standard InChI is InChI=1S/C23H25NO5/c1-17(25)29-22-13-8-14-24(23(27)28-16-18-9-4-2-5-10-18)20(22)15-21(26)19-11-6-3-7-12-19/h2-7,9-12,20,22H,8,13-16H2,1H3/t20-,22+/m1/s1. The lowest BCUT2D eigenvalue weighted by molar-refractivity contribution is -0.152. The van der Waals surface area contributed by atoms with Crippen molar-refractivity contribution in [3.63, 3.8) is 0 Å². The Morgan fingerprint density at radius 1 is 1.00 bits per heavy atom. The first kappa shape index (κ1) is 20.6. The molecule has 29 heavy (non-hydrogen) atoms. The van der Waals surface area contributed by atoms with Crippen LogP contribution in [0.3, 0.4) is 0 Å². The number of nitrogens with zero attached hydrogens (tertiary/aromatic N) is 1. The average molecular weight is 395 g/mol. The van der Waals surface area contributed by atoms with Crippen molar-refractivity contribution in [1.29, 1.82) is 0 Å². The number of piperidine rings is 1. The number of amides is 1. The maximum atomic E-state index is 12.8. The molecule has 0 unspecified atom stereocenters.